The first-order chi connectivity index (χ1) is 12.5. The van der Waals surface area contributed by atoms with E-state index in [2.05, 4.69) is 10.6 Å². The fraction of sp³-hybridized carbons (Fsp3) is 0.300. The van der Waals surface area contributed by atoms with E-state index in [1.165, 1.54) is 18.2 Å². The van der Waals surface area contributed by atoms with E-state index in [-0.39, 0.29) is 37.1 Å². The Morgan fingerprint density at radius 2 is 1.81 bits per heavy atom. The molecule has 0 radical (unpaired) electrons. The van der Waals surface area contributed by atoms with Gasteiger partial charge in [-0.05, 0) is 31.0 Å². The zero-order chi connectivity index (χ0) is 18.9. The van der Waals surface area contributed by atoms with Crippen molar-refractivity contribution in [2.24, 2.45) is 0 Å². The van der Waals surface area contributed by atoms with Gasteiger partial charge in [-0.15, -0.1) is 0 Å². The Labute approximate surface area is 152 Å². The normalized spacial score (nSPS) is 11.7. The molecule has 1 atom stereocenters. The maximum atomic E-state index is 13.5. The van der Waals surface area contributed by atoms with Crippen LogP contribution in [0.2, 0.25) is 0 Å². The Morgan fingerprint density at radius 3 is 2.46 bits per heavy atom. The Hall–Kier alpha value is -2.73. The van der Waals surface area contributed by atoms with E-state index in [9.17, 15) is 19.1 Å². The number of benzene rings is 2. The maximum absolute atomic E-state index is 13.5. The van der Waals surface area contributed by atoms with Gasteiger partial charge in [0.25, 0.3) is 5.91 Å². The van der Waals surface area contributed by atoms with Crippen LogP contribution in [-0.4, -0.2) is 30.1 Å². The third-order valence-corrected chi connectivity index (χ3v) is 3.99. The van der Waals surface area contributed by atoms with Gasteiger partial charge in [0.2, 0.25) is 5.91 Å². The standard InChI is InChI=1S/C20H23FN2O3/c1-14-6-8-15(9-7-14)18(11-13-24)23-19(25)10-12-22-20(26)16-4-2-3-5-17(16)21/h2-9,18,24H,10-13H2,1H3,(H,22,26)(H,23,25)/t18-/m0/s1. The highest BCUT2D eigenvalue weighted by molar-refractivity contribution is 5.94. The molecule has 0 heterocycles. The first-order valence-electron chi connectivity index (χ1n) is 8.50. The van der Waals surface area contributed by atoms with Crippen molar-refractivity contribution in [2.75, 3.05) is 13.2 Å². The topological polar surface area (TPSA) is 78.4 Å². The number of carbonyl (C=O) groups excluding carboxylic acids is 2. The summed E-state index contributed by atoms with van der Waals surface area (Å²) in [4.78, 5) is 24.0. The van der Waals surface area contributed by atoms with Crippen LogP contribution >= 0.6 is 0 Å². The van der Waals surface area contributed by atoms with E-state index in [1.54, 1.807) is 6.07 Å². The van der Waals surface area contributed by atoms with Crippen LogP contribution < -0.4 is 10.6 Å². The van der Waals surface area contributed by atoms with Gasteiger partial charge in [0, 0.05) is 19.6 Å². The second-order valence-electron chi connectivity index (χ2n) is 6.03. The predicted molar refractivity (Wildman–Crippen MR) is 97.1 cm³/mol. The summed E-state index contributed by atoms with van der Waals surface area (Å²) in [6, 6.07) is 13.1. The van der Waals surface area contributed by atoms with Crippen LogP contribution in [0.25, 0.3) is 0 Å². The summed E-state index contributed by atoms with van der Waals surface area (Å²) in [5, 5.41) is 14.6. The molecule has 0 saturated carbocycles. The van der Waals surface area contributed by atoms with Crippen LogP contribution in [0, 0.1) is 12.7 Å². The van der Waals surface area contributed by atoms with Crippen molar-refractivity contribution >= 4 is 11.8 Å². The molecule has 0 unspecified atom stereocenters. The number of halogens is 1. The molecule has 0 aliphatic carbocycles. The molecule has 0 aromatic heterocycles. The van der Waals surface area contributed by atoms with Crippen molar-refractivity contribution < 1.29 is 19.1 Å². The summed E-state index contributed by atoms with van der Waals surface area (Å²) in [7, 11) is 0. The Bertz CT molecular complexity index is 747. The van der Waals surface area contributed by atoms with Gasteiger partial charge in [-0.1, -0.05) is 42.0 Å². The average molecular weight is 358 g/mol. The van der Waals surface area contributed by atoms with Gasteiger partial charge in [0.05, 0.1) is 11.6 Å². The van der Waals surface area contributed by atoms with E-state index in [0.717, 1.165) is 11.1 Å². The molecular weight excluding hydrogens is 335 g/mol. The number of aliphatic hydroxyl groups is 1. The van der Waals surface area contributed by atoms with Crippen LogP contribution in [0.3, 0.4) is 0 Å². The smallest absolute Gasteiger partial charge is 0.254 e. The van der Waals surface area contributed by atoms with E-state index < -0.39 is 11.7 Å². The summed E-state index contributed by atoms with van der Waals surface area (Å²) in [5.74, 6) is -1.41. The summed E-state index contributed by atoms with van der Waals surface area (Å²) in [6.45, 7) is 2.02. The van der Waals surface area contributed by atoms with Crippen molar-refractivity contribution in [3.63, 3.8) is 0 Å². The largest absolute Gasteiger partial charge is 0.396 e. The number of hydrogen-bond acceptors (Lipinski definition) is 3. The number of aryl methyl sites for hydroxylation is 1. The predicted octanol–water partition coefficient (Wildman–Crippen LogP) is 2.49. The van der Waals surface area contributed by atoms with Crippen molar-refractivity contribution in [1.29, 1.82) is 0 Å². The number of amides is 2. The molecule has 0 aliphatic rings. The molecule has 2 aromatic carbocycles. The number of aliphatic hydroxyl groups excluding tert-OH is 1. The summed E-state index contributed by atoms with van der Waals surface area (Å²) >= 11 is 0. The second-order valence-corrected chi connectivity index (χ2v) is 6.03. The lowest BCUT2D eigenvalue weighted by Crippen LogP contribution is -2.33. The van der Waals surface area contributed by atoms with Crippen molar-refractivity contribution in [3.8, 4) is 0 Å². The number of nitrogens with one attached hydrogen (secondary N) is 2. The molecule has 0 saturated heterocycles. The van der Waals surface area contributed by atoms with E-state index in [1.807, 2.05) is 31.2 Å². The van der Waals surface area contributed by atoms with Crippen molar-refractivity contribution in [1.82, 2.24) is 10.6 Å². The molecule has 0 bridgehead atoms. The lowest BCUT2D eigenvalue weighted by Gasteiger charge is -2.18. The Morgan fingerprint density at radius 1 is 1.12 bits per heavy atom. The maximum Gasteiger partial charge on any atom is 0.254 e. The minimum Gasteiger partial charge on any atom is -0.396 e. The quantitative estimate of drug-likeness (QED) is 0.678. The Balaban J connectivity index is 1.85. The first-order valence-corrected chi connectivity index (χ1v) is 8.50. The van der Waals surface area contributed by atoms with Crippen LogP contribution in [0.1, 0.15) is 40.4 Å². The van der Waals surface area contributed by atoms with Gasteiger partial charge in [-0.25, -0.2) is 4.39 Å². The number of hydrogen-bond donors (Lipinski definition) is 3. The molecule has 2 rings (SSSR count). The minimum absolute atomic E-state index is 0.0503. The first kappa shape index (κ1) is 19.6. The van der Waals surface area contributed by atoms with Gasteiger partial charge in [0.15, 0.2) is 0 Å². The highest BCUT2D eigenvalue weighted by Gasteiger charge is 2.15. The third kappa shape index (κ3) is 5.67. The molecule has 3 N–H and O–H groups in total. The summed E-state index contributed by atoms with van der Waals surface area (Å²) in [5.41, 5.74) is 1.97. The molecule has 26 heavy (non-hydrogen) atoms. The van der Waals surface area contributed by atoms with Crippen molar-refractivity contribution in [2.45, 2.75) is 25.8 Å². The minimum atomic E-state index is -0.600. The Kier molecular flexibility index (Phi) is 7.29. The van der Waals surface area contributed by atoms with Crippen LogP contribution in [0.15, 0.2) is 48.5 Å². The molecule has 0 aliphatic heterocycles. The van der Waals surface area contributed by atoms with Gasteiger partial charge >= 0.3 is 0 Å². The van der Waals surface area contributed by atoms with Crippen LogP contribution in [-0.2, 0) is 4.79 Å². The van der Waals surface area contributed by atoms with Gasteiger partial charge in [-0.2, -0.15) is 0 Å². The lowest BCUT2D eigenvalue weighted by atomic mass is 10.0. The molecule has 5 nitrogen and oxygen atoms in total. The van der Waals surface area contributed by atoms with Crippen LogP contribution in [0.4, 0.5) is 4.39 Å². The highest BCUT2D eigenvalue weighted by Crippen LogP contribution is 2.17. The molecule has 0 fully saturated rings. The van der Waals surface area contributed by atoms with Gasteiger partial charge in [0.1, 0.15) is 5.82 Å². The van der Waals surface area contributed by atoms with Gasteiger partial charge < -0.3 is 15.7 Å². The lowest BCUT2D eigenvalue weighted by molar-refractivity contribution is -0.121. The zero-order valence-electron chi connectivity index (χ0n) is 14.7. The SMILES string of the molecule is Cc1ccc([C@H](CCO)NC(=O)CCNC(=O)c2ccccc2F)cc1. The van der Waals surface area contributed by atoms with E-state index in [4.69, 9.17) is 0 Å². The summed E-state index contributed by atoms with van der Waals surface area (Å²) < 4.78 is 13.5. The molecule has 2 amide bonds. The average Bonchev–Trinajstić information content (AvgIpc) is 2.62. The molecule has 2 aromatic rings. The highest BCUT2D eigenvalue weighted by atomic mass is 19.1. The third-order valence-electron chi connectivity index (χ3n) is 3.99. The monoisotopic (exact) mass is 358 g/mol. The fourth-order valence-electron chi connectivity index (χ4n) is 2.55. The fourth-order valence-corrected chi connectivity index (χ4v) is 2.55. The molecule has 0 spiro atoms. The zero-order valence-corrected chi connectivity index (χ0v) is 14.7. The van der Waals surface area contributed by atoms with E-state index in [0.29, 0.717) is 6.42 Å². The van der Waals surface area contributed by atoms with Gasteiger partial charge in [-0.3, -0.25) is 9.59 Å². The van der Waals surface area contributed by atoms with Crippen LogP contribution in [0.5, 0.6) is 0 Å². The molecule has 6 heteroatoms. The molecular formula is C20H23FN2O3. The van der Waals surface area contributed by atoms with E-state index >= 15 is 0 Å². The number of rotatable bonds is 8. The second kappa shape index (κ2) is 9.68. The van der Waals surface area contributed by atoms with Crippen molar-refractivity contribution in [3.05, 3.63) is 71.0 Å². The molecule has 138 valence electrons. The summed E-state index contributed by atoms with van der Waals surface area (Å²) in [6.07, 6.45) is 0.463. The number of carbonyl (C=O) groups is 2.